The van der Waals surface area contributed by atoms with Gasteiger partial charge in [-0.15, -0.1) is 0 Å². The van der Waals surface area contributed by atoms with E-state index < -0.39 is 0 Å². The smallest absolute Gasteiger partial charge is 0.317 e. The number of carbonyl (C=O) groups is 1. The molecule has 1 aliphatic heterocycles. The van der Waals surface area contributed by atoms with Gasteiger partial charge in [-0.25, -0.2) is 9.78 Å². The minimum absolute atomic E-state index is 0.119. The average Bonchev–Trinajstić information content (AvgIpc) is 2.97. The van der Waals surface area contributed by atoms with Gasteiger partial charge >= 0.3 is 6.03 Å². The number of aromatic nitrogens is 3. The SMILES string of the molecule is CN(Cc1ncnn1C)C(=O)NC[C@@H]1COc2ccccc2C1. The lowest BCUT2D eigenvalue weighted by atomic mass is 9.97. The highest BCUT2D eigenvalue weighted by molar-refractivity contribution is 5.73. The van der Waals surface area contributed by atoms with Crippen LogP contribution >= 0.6 is 0 Å². The number of nitrogens with one attached hydrogen (secondary N) is 1. The molecule has 1 atom stereocenters. The van der Waals surface area contributed by atoms with Gasteiger partial charge in [0, 0.05) is 26.6 Å². The molecule has 0 spiro atoms. The second-order valence-electron chi connectivity index (χ2n) is 5.83. The average molecular weight is 315 g/mol. The summed E-state index contributed by atoms with van der Waals surface area (Å²) in [6.45, 7) is 1.65. The Morgan fingerprint density at radius 2 is 2.30 bits per heavy atom. The Morgan fingerprint density at radius 3 is 3.09 bits per heavy atom. The molecule has 0 radical (unpaired) electrons. The number of nitrogens with zero attached hydrogens (tertiary/aromatic N) is 4. The summed E-state index contributed by atoms with van der Waals surface area (Å²) < 4.78 is 7.41. The molecular weight excluding hydrogens is 294 g/mol. The zero-order valence-corrected chi connectivity index (χ0v) is 13.4. The van der Waals surface area contributed by atoms with Crippen molar-refractivity contribution >= 4 is 6.03 Å². The number of hydrogen-bond donors (Lipinski definition) is 1. The van der Waals surface area contributed by atoms with E-state index in [2.05, 4.69) is 21.5 Å². The van der Waals surface area contributed by atoms with Crippen molar-refractivity contribution in [2.45, 2.75) is 13.0 Å². The second kappa shape index (κ2) is 6.68. The van der Waals surface area contributed by atoms with Crippen molar-refractivity contribution in [1.82, 2.24) is 25.0 Å². The molecule has 7 heteroatoms. The van der Waals surface area contributed by atoms with E-state index in [4.69, 9.17) is 4.74 Å². The fraction of sp³-hybridized carbons (Fsp3) is 0.438. The van der Waals surface area contributed by atoms with Crippen molar-refractivity contribution in [3.05, 3.63) is 42.0 Å². The van der Waals surface area contributed by atoms with Crippen LogP contribution in [0, 0.1) is 5.92 Å². The van der Waals surface area contributed by atoms with Crippen LogP contribution in [-0.4, -0.2) is 45.9 Å². The number of aryl methyl sites for hydroxylation is 1. The van der Waals surface area contributed by atoms with E-state index in [0.717, 1.165) is 18.0 Å². The lowest BCUT2D eigenvalue weighted by molar-refractivity contribution is 0.191. The molecular formula is C16H21N5O2. The normalized spacial score (nSPS) is 16.3. The summed E-state index contributed by atoms with van der Waals surface area (Å²) in [7, 11) is 3.56. The molecule has 7 nitrogen and oxygen atoms in total. The number of urea groups is 1. The van der Waals surface area contributed by atoms with Crippen molar-refractivity contribution in [1.29, 1.82) is 0 Å². The second-order valence-corrected chi connectivity index (χ2v) is 5.83. The lowest BCUT2D eigenvalue weighted by Gasteiger charge is -2.26. The van der Waals surface area contributed by atoms with Gasteiger partial charge in [-0.2, -0.15) is 5.10 Å². The fourth-order valence-corrected chi connectivity index (χ4v) is 2.64. The van der Waals surface area contributed by atoms with E-state index >= 15 is 0 Å². The van der Waals surface area contributed by atoms with Crippen LogP contribution in [0.5, 0.6) is 5.75 Å². The Balaban J connectivity index is 1.49. The van der Waals surface area contributed by atoms with E-state index in [1.165, 1.54) is 11.9 Å². The summed E-state index contributed by atoms with van der Waals surface area (Å²) in [5, 5.41) is 6.96. The van der Waals surface area contributed by atoms with Crippen molar-refractivity contribution in [3.63, 3.8) is 0 Å². The summed E-state index contributed by atoms with van der Waals surface area (Å²) >= 11 is 0. The highest BCUT2D eigenvalue weighted by Gasteiger charge is 2.21. The van der Waals surface area contributed by atoms with Gasteiger partial charge in [-0.1, -0.05) is 18.2 Å². The van der Waals surface area contributed by atoms with Crippen molar-refractivity contribution in [2.24, 2.45) is 13.0 Å². The molecule has 3 rings (SSSR count). The van der Waals surface area contributed by atoms with Gasteiger partial charge in [0.05, 0.1) is 13.2 Å². The molecule has 1 aromatic heterocycles. The van der Waals surface area contributed by atoms with E-state index in [-0.39, 0.29) is 11.9 Å². The lowest BCUT2D eigenvalue weighted by Crippen LogP contribution is -2.41. The zero-order chi connectivity index (χ0) is 16.2. The van der Waals surface area contributed by atoms with E-state index in [0.29, 0.717) is 19.7 Å². The molecule has 1 N–H and O–H groups in total. The number of ether oxygens (including phenoxy) is 1. The number of carbonyl (C=O) groups excluding carboxylic acids is 1. The summed E-state index contributed by atoms with van der Waals surface area (Å²) in [6.07, 6.45) is 2.40. The van der Waals surface area contributed by atoms with Crippen LogP contribution in [-0.2, 0) is 20.0 Å². The fourth-order valence-electron chi connectivity index (χ4n) is 2.64. The topological polar surface area (TPSA) is 72.3 Å². The molecule has 0 unspecified atom stereocenters. The molecule has 0 saturated heterocycles. The first-order chi connectivity index (χ1) is 11.1. The van der Waals surface area contributed by atoms with Gasteiger partial charge in [-0.05, 0) is 18.1 Å². The first-order valence-electron chi connectivity index (χ1n) is 7.66. The Kier molecular flexibility index (Phi) is 4.45. The summed E-state index contributed by atoms with van der Waals surface area (Å²) in [4.78, 5) is 17.9. The van der Waals surface area contributed by atoms with Gasteiger partial charge in [0.1, 0.15) is 17.9 Å². The third-order valence-corrected chi connectivity index (χ3v) is 4.03. The van der Waals surface area contributed by atoms with Crippen LogP contribution in [0.4, 0.5) is 4.79 Å². The molecule has 2 aromatic rings. The highest BCUT2D eigenvalue weighted by atomic mass is 16.5. The van der Waals surface area contributed by atoms with Crippen LogP contribution in [0.25, 0.3) is 0 Å². The number of para-hydroxylation sites is 1. The summed E-state index contributed by atoms with van der Waals surface area (Å²) in [5.41, 5.74) is 1.20. The molecule has 2 heterocycles. The third-order valence-electron chi connectivity index (χ3n) is 4.03. The Hall–Kier alpha value is -2.57. The van der Waals surface area contributed by atoms with Crippen molar-refractivity contribution in [2.75, 3.05) is 20.2 Å². The van der Waals surface area contributed by atoms with Crippen LogP contribution < -0.4 is 10.1 Å². The predicted octanol–water partition coefficient (Wildman–Crippen LogP) is 1.21. The number of amides is 2. The van der Waals surface area contributed by atoms with E-state index in [1.54, 1.807) is 16.6 Å². The van der Waals surface area contributed by atoms with Crippen LogP contribution in [0.3, 0.4) is 0 Å². The molecule has 0 bridgehead atoms. The molecule has 0 aliphatic carbocycles. The molecule has 1 aromatic carbocycles. The Bertz CT molecular complexity index is 685. The van der Waals surface area contributed by atoms with Gasteiger partial charge < -0.3 is 15.0 Å². The van der Waals surface area contributed by atoms with Crippen LogP contribution in [0.1, 0.15) is 11.4 Å². The van der Waals surface area contributed by atoms with Crippen molar-refractivity contribution < 1.29 is 9.53 Å². The molecule has 23 heavy (non-hydrogen) atoms. The van der Waals surface area contributed by atoms with Gasteiger partial charge in [0.2, 0.25) is 0 Å². The number of benzene rings is 1. The monoisotopic (exact) mass is 315 g/mol. The first kappa shape index (κ1) is 15.3. The minimum Gasteiger partial charge on any atom is -0.493 e. The summed E-state index contributed by atoms with van der Waals surface area (Å²) in [5.74, 6) is 1.99. The Labute approximate surface area is 135 Å². The Morgan fingerprint density at radius 1 is 1.48 bits per heavy atom. The molecule has 2 amide bonds. The number of hydrogen-bond acceptors (Lipinski definition) is 4. The van der Waals surface area contributed by atoms with Gasteiger partial charge in [-0.3, -0.25) is 4.68 Å². The maximum atomic E-state index is 12.2. The maximum absolute atomic E-state index is 12.2. The zero-order valence-electron chi connectivity index (χ0n) is 13.4. The first-order valence-corrected chi connectivity index (χ1v) is 7.66. The largest absolute Gasteiger partial charge is 0.493 e. The van der Waals surface area contributed by atoms with Crippen LogP contribution in [0.2, 0.25) is 0 Å². The van der Waals surface area contributed by atoms with Crippen LogP contribution in [0.15, 0.2) is 30.6 Å². The number of rotatable bonds is 4. The number of fused-ring (bicyclic) bond motifs is 1. The van der Waals surface area contributed by atoms with E-state index in [9.17, 15) is 4.79 Å². The highest BCUT2D eigenvalue weighted by Crippen LogP contribution is 2.26. The molecule has 0 saturated carbocycles. The summed E-state index contributed by atoms with van der Waals surface area (Å²) in [6, 6.07) is 7.93. The van der Waals surface area contributed by atoms with Gasteiger partial charge in [0.25, 0.3) is 0 Å². The van der Waals surface area contributed by atoms with E-state index in [1.807, 2.05) is 25.2 Å². The minimum atomic E-state index is -0.119. The predicted molar refractivity (Wildman–Crippen MR) is 85.0 cm³/mol. The van der Waals surface area contributed by atoms with Gasteiger partial charge in [0.15, 0.2) is 0 Å². The molecule has 1 aliphatic rings. The molecule has 0 fully saturated rings. The quantitative estimate of drug-likeness (QED) is 0.920. The maximum Gasteiger partial charge on any atom is 0.317 e. The standard InChI is InChI=1S/C16H21N5O2/c1-20(9-15-18-11-19-21(15)2)16(22)17-8-12-7-13-5-3-4-6-14(13)23-10-12/h3-6,11-12H,7-10H2,1-2H3,(H,17,22)/t12-/m1/s1. The van der Waals surface area contributed by atoms with Crippen molar-refractivity contribution in [3.8, 4) is 5.75 Å². The molecule has 122 valence electrons. The third kappa shape index (κ3) is 3.61.